The Labute approximate surface area is 365 Å². The highest BCUT2D eigenvalue weighted by Crippen LogP contribution is 2.42. The van der Waals surface area contributed by atoms with E-state index >= 15 is 0 Å². The van der Waals surface area contributed by atoms with Gasteiger partial charge in [-0.05, 0) is 111 Å². The first-order chi connectivity index (χ1) is 30.2. The third-order valence-electron chi connectivity index (χ3n) is 13.2. The van der Waals surface area contributed by atoms with E-state index < -0.39 is 18.9 Å². The minimum atomic E-state index is -4.44. The van der Waals surface area contributed by atoms with Gasteiger partial charge in [-0.1, -0.05) is 78.9 Å². The van der Waals surface area contributed by atoms with Crippen LogP contribution in [-0.2, 0) is 41.2 Å². The summed E-state index contributed by atoms with van der Waals surface area (Å²) in [6, 6.07) is 36.1. The molecule has 0 unspecified atom stereocenters. The summed E-state index contributed by atoms with van der Waals surface area (Å²) >= 11 is 0. The zero-order valence-electron chi connectivity index (χ0n) is 35.9. The van der Waals surface area contributed by atoms with E-state index in [1.165, 1.54) is 28.8 Å². The minimum absolute atomic E-state index is 0.0253. The van der Waals surface area contributed by atoms with E-state index in [0.717, 1.165) is 57.6 Å². The fraction of sp³-hybridized carbons (Fsp3) is 0.294. The first-order valence-electron chi connectivity index (χ1n) is 21.7. The number of hydrogen-bond acceptors (Lipinski definition) is 4. The molecule has 0 aliphatic carbocycles. The molecule has 2 aromatic heterocycles. The number of nitrogens with zero attached hydrogens (tertiary/aromatic N) is 2. The van der Waals surface area contributed by atoms with Gasteiger partial charge in [0.2, 0.25) is 0 Å². The maximum Gasteiger partial charge on any atom is 0.495 e. The molecule has 10 rings (SSSR count). The average molecular weight is 851 g/mol. The molecular weight excluding hydrogens is 800 g/mol. The lowest BCUT2D eigenvalue weighted by atomic mass is 9.76. The van der Waals surface area contributed by atoms with Gasteiger partial charge in [0.05, 0.1) is 16.8 Å². The monoisotopic (exact) mass is 850 g/mol. The van der Waals surface area contributed by atoms with Crippen LogP contribution in [0.25, 0.3) is 32.9 Å². The maximum absolute atomic E-state index is 13.7. The highest BCUT2D eigenvalue weighted by molar-refractivity contribution is 6.65. The van der Waals surface area contributed by atoms with Crippen LogP contribution in [-0.4, -0.2) is 76.1 Å². The number of halogens is 3. The first kappa shape index (κ1) is 42.2. The summed E-state index contributed by atoms with van der Waals surface area (Å²) in [4.78, 5) is 36.7. The van der Waals surface area contributed by atoms with Crippen molar-refractivity contribution in [1.82, 2.24) is 19.8 Å². The first-order valence-corrected chi connectivity index (χ1v) is 21.7. The smallest absolute Gasteiger partial charge is 0.399 e. The van der Waals surface area contributed by atoms with Crippen LogP contribution in [0.3, 0.4) is 0 Å². The molecule has 7 aromatic rings. The number of aromatic nitrogens is 2. The molecule has 63 heavy (non-hydrogen) atoms. The van der Waals surface area contributed by atoms with Crippen LogP contribution >= 0.6 is 0 Å². The van der Waals surface area contributed by atoms with E-state index in [1.54, 1.807) is 30.3 Å². The van der Waals surface area contributed by atoms with E-state index in [4.69, 9.17) is 9.31 Å². The van der Waals surface area contributed by atoms with E-state index in [2.05, 4.69) is 55.9 Å². The molecule has 1 fully saturated rings. The standard InChI is InChI=1S/C26H21F3N2O.C25H29BN2O3/c27-26(28,29)21-11-5-4-9-18(21)19-10-6-12-23-24(19)20-13-15-31(16-14-22(20)30-23)25(32)17-7-2-1-3-8-17;1-24(2)25(3,4)31-26(30-24)19-11-8-12-21-22(19)18-13-15-28(16-14-20(18)27-21)23(29)17-9-6-5-7-10-17/h1-12,30H,13-16H2;5-12,27H,13-16H2,1-4H3. The summed E-state index contributed by atoms with van der Waals surface area (Å²) < 4.78 is 53.9. The summed E-state index contributed by atoms with van der Waals surface area (Å²) in [5.74, 6) is 0.0731. The van der Waals surface area contributed by atoms with Crippen molar-refractivity contribution in [3.05, 3.63) is 161 Å². The van der Waals surface area contributed by atoms with Crippen molar-refractivity contribution in [2.45, 2.75) is 70.8 Å². The van der Waals surface area contributed by atoms with Crippen LogP contribution in [0, 0.1) is 0 Å². The summed E-state index contributed by atoms with van der Waals surface area (Å²) in [5, 5.41) is 2.00. The van der Waals surface area contributed by atoms with Gasteiger partial charge in [-0.15, -0.1) is 0 Å². The van der Waals surface area contributed by atoms with Gasteiger partial charge in [0.1, 0.15) is 0 Å². The largest absolute Gasteiger partial charge is 0.495 e. The number of amides is 2. The van der Waals surface area contributed by atoms with Crippen molar-refractivity contribution in [3.63, 3.8) is 0 Å². The van der Waals surface area contributed by atoms with Crippen molar-refractivity contribution in [2.24, 2.45) is 0 Å². The topological polar surface area (TPSA) is 90.7 Å². The fourth-order valence-corrected chi connectivity index (χ4v) is 9.25. The Hall–Kier alpha value is -6.11. The van der Waals surface area contributed by atoms with Crippen molar-refractivity contribution >= 4 is 46.2 Å². The lowest BCUT2D eigenvalue weighted by Crippen LogP contribution is -2.41. The molecule has 12 heteroatoms. The van der Waals surface area contributed by atoms with Gasteiger partial charge < -0.3 is 29.1 Å². The van der Waals surface area contributed by atoms with Crippen LogP contribution in [0.5, 0.6) is 0 Å². The number of benzene rings is 5. The van der Waals surface area contributed by atoms with Crippen LogP contribution in [0.4, 0.5) is 13.2 Å². The SMILES string of the molecule is CC1(C)OB(c2cccc3[nH]c4c(c23)CCN(C(=O)c2ccccc2)CC4)OC1(C)C.O=C(c1ccccc1)N1CCc2[nH]c3cccc(-c4ccccc4C(F)(F)F)c3c2CC1. The van der Waals surface area contributed by atoms with Crippen molar-refractivity contribution < 1.29 is 32.1 Å². The summed E-state index contributed by atoms with van der Waals surface area (Å²) in [6.45, 7) is 10.8. The zero-order chi connectivity index (χ0) is 44.1. The third-order valence-corrected chi connectivity index (χ3v) is 13.2. The molecule has 0 atom stereocenters. The fourth-order valence-electron chi connectivity index (χ4n) is 9.25. The number of carbonyl (C=O) groups excluding carboxylic acids is 2. The molecule has 0 spiro atoms. The van der Waals surface area contributed by atoms with Crippen LogP contribution in [0.2, 0.25) is 0 Å². The van der Waals surface area contributed by atoms with Gasteiger partial charge >= 0.3 is 13.3 Å². The predicted octanol–water partition coefficient (Wildman–Crippen LogP) is 9.80. The molecule has 8 nitrogen and oxygen atoms in total. The quantitative estimate of drug-likeness (QED) is 0.173. The molecule has 2 N–H and O–H groups in total. The molecule has 3 aliphatic rings. The van der Waals surface area contributed by atoms with Crippen LogP contribution in [0.15, 0.2) is 121 Å². The molecule has 0 saturated carbocycles. The Morgan fingerprint density at radius 1 is 0.556 bits per heavy atom. The Kier molecular flexibility index (Phi) is 11.1. The highest BCUT2D eigenvalue weighted by atomic mass is 19.4. The normalized spacial score (nSPS) is 17.1. The van der Waals surface area contributed by atoms with Gasteiger partial charge in [-0.3, -0.25) is 9.59 Å². The van der Waals surface area contributed by atoms with E-state index in [1.807, 2.05) is 64.4 Å². The third kappa shape index (κ3) is 8.06. The Balaban J connectivity index is 0.000000160. The molecule has 3 aliphatic heterocycles. The number of rotatable bonds is 4. The van der Waals surface area contributed by atoms with E-state index in [9.17, 15) is 22.8 Å². The Morgan fingerprint density at radius 3 is 1.54 bits per heavy atom. The van der Waals surface area contributed by atoms with Gasteiger partial charge in [0.25, 0.3) is 11.8 Å². The predicted molar refractivity (Wildman–Crippen MR) is 242 cm³/mol. The van der Waals surface area contributed by atoms with Crippen molar-refractivity contribution in [2.75, 3.05) is 26.2 Å². The Bertz CT molecular complexity index is 2800. The number of alkyl halides is 3. The molecule has 322 valence electrons. The molecule has 1 saturated heterocycles. The van der Waals surface area contributed by atoms with Gasteiger partial charge in [0.15, 0.2) is 0 Å². The van der Waals surface area contributed by atoms with E-state index in [0.29, 0.717) is 50.1 Å². The second kappa shape index (κ2) is 16.5. The number of carbonyl (C=O) groups is 2. The number of aromatic amines is 2. The second-order valence-corrected chi connectivity index (χ2v) is 17.6. The minimum Gasteiger partial charge on any atom is -0.399 e. The van der Waals surface area contributed by atoms with Gasteiger partial charge in [-0.2, -0.15) is 13.2 Å². The second-order valence-electron chi connectivity index (χ2n) is 17.6. The number of fused-ring (bicyclic) bond motifs is 6. The molecule has 2 amide bonds. The van der Waals surface area contributed by atoms with Gasteiger partial charge in [0, 0.05) is 83.3 Å². The van der Waals surface area contributed by atoms with E-state index in [-0.39, 0.29) is 28.6 Å². The van der Waals surface area contributed by atoms with Crippen molar-refractivity contribution in [1.29, 1.82) is 0 Å². The molecule has 5 aromatic carbocycles. The average Bonchev–Trinajstić information content (AvgIpc) is 3.76. The van der Waals surface area contributed by atoms with Gasteiger partial charge in [-0.25, -0.2) is 0 Å². The number of hydrogen-bond donors (Lipinski definition) is 2. The highest BCUT2D eigenvalue weighted by Gasteiger charge is 2.52. The van der Waals surface area contributed by atoms with Crippen molar-refractivity contribution in [3.8, 4) is 11.1 Å². The zero-order valence-corrected chi connectivity index (χ0v) is 35.9. The molecular formula is C51H50BF3N4O4. The number of nitrogens with one attached hydrogen (secondary N) is 2. The molecule has 5 heterocycles. The maximum atomic E-state index is 13.7. The summed E-state index contributed by atoms with van der Waals surface area (Å²) in [6.07, 6.45) is -1.61. The Morgan fingerprint density at radius 2 is 1.00 bits per heavy atom. The molecule has 0 radical (unpaired) electrons. The number of H-pyrrole nitrogens is 2. The van der Waals surface area contributed by atoms with Crippen LogP contribution < -0.4 is 5.46 Å². The lowest BCUT2D eigenvalue weighted by molar-refractivity contribution is -0.137. The lowest BCUT2D eigenvalue weighted by Gasteiger charge is -2.32. The summed E-state index contributed by atoms with van der Waals surface area (Å²) in [5.41, 5.74) is 8.20. The summed E-state index contributed by atoms with van der Waals surface area (Å²) in [7, 11) is -0.404. The molecule has 0 bridgehead atoms. The van der Waals surface area contributed by atoms with Crippen LogP contribution in [0.1, 0.15) is 76.5 Å².